The highest BCUT2D eigenvalue weighted by Crippen LogP contribution is 2.64. The van der Waals surface area contributed by atoms with Crippen molar-refractivity contribution in [3.63, 3.8) is 0 Å². The Morgan fingerprint density at radius 2 is 1.84 bits per heavy atom. The molecule has 3 aliphatic rings. The summed E-state index contributed by atoms with van der Waals surface area (Å²) in [7, 11) is 1.86. The van der Waals surface area contributed by atoms with Crippen LogP contribution >= 0.6 is 0 Å². The van der Waals surface area contributed by atoms with Gasteiger partial charge in [-0.15, -0.1) is 0 Å². The van der Waals surface area contributed by atoms with E-state index in [4.69, 9.17) is 9.39 Å². The first-order valence-corrected chi connectivity index (χ1v) is 7.92. The predicted molar refractivity (Wildman–Crippen MR) is 81.5 cm³/mol. The molecule has 0 aromatic heterocycles. The van der Waals surface area contributed by atoms with Gasteiger partial charge in [0.05, 0.1) is 11.7 Å². The highest BCUT2D eigenvalue weighted by Gasteiger charge is 2.64. The Labute approximate surface area is 119 Å². The van der Waals surface area contributed by atoms with Gasteiger partial charge in [0.15, 0.2) is 0 Å². The normalized spacial score (nSPS) is 40.1. The minimum Gasteiger partial charge on any atom is -0.431 e. The number of hydrogen-bond donors (Lipinski definition) is 0. The number of ether oxygens (including phenoxy) is 1. The molecule has 3 aliphatic carbocycles. The molecule has 0 aliphatic heterocycles. The van der Waals surface area contributed by atoms with Gasteiger partial charge in [-0.1, -0.05) is 40.4 Å². The van der Waals surface area contributed by atoms with Crippen molar-refractivity contribution >= 4 is 6.92 Å². The Balaban J connectivity index is 2.06. The first-order valence-electron chi connectivity index (χ1n) is 7.92. The van der Waals surface area contributed by atoms with Crippen molar-refractivity contribution in [1.82, 2.24) is 0 Å². The van der Waals surface area contributed by atoms with Gasteiger partial charge in [-0.3, -0.25) is 0 Å². The van der Waals surface area contributed by atoms with Crippen molar-refractivity contribution in [2.75, 3.05) is 7.11 Å². The van der Waals surface area contributed by atoms with E-state index in [2.05, 4.69) is 41.4 Å². The molecular formula is C16H31BO2. The number of fused-ring (bicyclic) bond motifs is 2. The van der Waals surface area contributed by atoms with E-state index in [9.17, 15) is 0 Å². The Hall–Kier alpha value is -0.0151. The molecule has 0 radical (unpaired) electrons. The molecule has 110 valence electrons. The maximum atomic E-state index is 6.38. The maximum Gasteiger partial charge on any atom is 0.290 e. The average molecular weight is 266 g/mol. The van der Waals surface area contributed by atoms with E-state index in [-0.39, 0.29) is 11.7 Å². The quantitative estimate of drug-likeness (QED) is 0.697. The number of methoxy groups -OCH3 is 1. The smallest absolute Gasteiger partial charge is 0.290 e. The van der Waals surface area contributed by atoms with Gasteiger partial charge in [0.25, 0.3) is 6.92 Å². The van der Waals surface area contributed by atoms with Crippen molar-refractivity contribution in [2.45, 2.75) is 72.3 Å². The van der Waals surface area contributed by atoms with Crippen LogP contribution in [-0.4, -0.2) is 25.7 Å². The van der Waals surface area contributed by atoms with Crippen LogP contribution < -0.4 is 0 Å². The summed E-state index contributed by atoms with van der Waals surface area (Å²) in [5, 5.41) is 0. The van der Waals surface area contributed by atoms with Crippen molar-refractivity contribution in [1.29, 1.82) is 0 Å². The van der Waals surface area contributed by atoms with Gasteiger partial charge in [-0.05, 0) is 43.3 Å². The molecule has 2 bridgehead atoms. The molecule has 3 saturated carbocycles. The largest absolute Gasteiger partial charge is 0.431 e. The summed E-state index contributed by atoms with van der Waals surface area (Å²) in [4.78, 5) is 0. The zero-order valence-corrected chi connectivity index (χ0v) is 13.8. The molecule has 3 rings (SSSR count). The van der Waals surface area contributed by atoms with Crippen molar-refractivity contribution in [3.05, 3.63) is 0 Å². The van der Waals surface area contributed by atoms with Crippen LogP contribution in [0.2, 0.25) is 13.1 Å². The van der Waals surface area contributed by atoms with Crippen molar-refractivity contribution in [2.24, 2.45) is 23.2 Å². The number of hydrogen-bond acceptors (Lipinski definition) is 2. The Bertz CT molecular complexity index is 329. The van der Waals surface area contributed by atoms with Gasteiger partial charge in [-0.2, -0.15) is 0 Å². The first kappa shape index (κ1) is 15.4. The molecule has 19 heavy (non-hydrogen) atoms. The highest BCUT2D eigenvalue weighted by atomic mass is 16.5. The molecule has 0 N–H and O–H groups in total. The second kappa shape index (κ2) is 5.07. The first-order chi connectivity index (χ1) is 8.71. The van der Waals surface area contributed by atoms with E-state index < -0.39 is 0 Å². The molecule has 0 spiro atoms. The van der Waals surface area contributed by atoms with Gasteiger partial charge >= 0.3 is 0 Å². The summed E-state index contributed by atoms with van der Waals surface area (Å²) in [5.74, 6) is 2.15. The molecule has 0 amide bonds. The van der Waals surface area contributed by atoms with Crippen LogP contribution in [0.1, 0.15) is 47.5 Å². The summed E-state index contributed by atoms with van der Waals surface area (Å²) < 4.78 is 12.3. The zero-order chi connectivity index (χ0) is 14.4. The fraction of sp³-hybridized carbons (Fsp3) is 1.00. The van der Waals surface area contributed by atoms with Crippen molar-refractivity contribution < 1.29 is 9.39 Å². The van der Waals surface area contributed by atoms with Gasteiger partial charge in [0.1, 0.15) is 0 Å². The summed E-state index contributed by atoms with van der Waals surface area (Å²) >= 11 is 0. The van der Waals surface area contributed by atoms with E-state index in [1.54, 1.807) is 0 Å². The fourth-order valence-corrected chi connectivity index (χ4v) is 4.57. The molecule has 0 heterocycles. The van der Waals surface area contributed by atoms with Gasteiger partial charge in [0.2, 0.25) is 0 Å². The minimum atomic E-state index is -0.108. The molecule has 3 heteroatoms. The summed E-state index contributed by atoms with van der Waals surface area (Å²) in [6.45, 7) is 14.1. The molecule has 3 fully saturated rings. The van der Waals surface area contributed by atoms with E-state index in [1.165, 1.54) is 6.42 Å². The van der Waals surface area contributed by atoms with Crippen LogP contribution in [0.25, 0.3) is 0 Å². The van der Waals surface area contributed by atoms with Crippen LogP contribution in [0.3, 0.4) is 0 Å². The molecule has 0 unspecified atom stereocenters. The highest BCUT2D eigenvalue weighted by molar-refractivity contribution is 6.50. The predicted octanol–water partition coefficient (Wildman–Crippen LogP) is 4.12. The average Bonchev–Trinajstić information content (AvgIpc) is 2.30. The van der Waals surface area contributed by atoms with Crippen LogP contribution in [0.5, 0.6) is 0 Å². The lowest BCUT2D eigenvalue weighted by Crippen LogP contribution is -2.68. The number of rotatable bonds is 5. The van der Waals surface area contributed by atoms with Crippen LogP contribution in [0.4, 0.5) is 0 Å². The molecule has 0 aromatic carbocycles. The minimum absolute atomic E-state index is 0.108. The Kier molecular flexibility index (Phi) is 4.10. The van der Waals surface area contributed by atoms with Crippen LogP contribution in [0, 0.1) is 23.2 Å². The third kappa shape index (κ3) is 2.49. The fourth-order valence-electron chi connectivity index (χ4n) is 4.57. The standard InChI is InChI=1S/C16H31BO2/c1-11(2)10-17(6)19-14-9-12-8-13(15(12,3)4)16(14,5)18-7/h11-14H,8-10H2,1-7H3/t12-,13-,14+,16-/m0/s1. The molecule has 2 nitrogen and oxygen atoms in total. The summed E-state index contributed by atoms with van der Waals surface area (Å²) in [6.07, 6.45) is 3.88. The third-order valence-electron chi connectivity index (χ3n) is 5.94. The zero-order valence-electron chi connectivity index (χ0n) is 13.8. The van der Waals surface area contributed by atoms with Gasteiger partial charge < -0.3 is 9.39 Å². The van der Waals surface area contributed by atoms with Gasteiger partial charge in [0, 0.05) is 7.11 Å². The Morgan fingerprint density at radius 3 is 2.32 bits per heavy atom. The third-order valence-corrected chi connectivity index (χ3v) is 5.94. The maximum absolute atomic E-state index is 6.38. The lowest BCUT2D eigenvalue weighted by molar-refractivity contribution is -0.250. The summed E-state index contributed by atoms with van der Waals surface area (Å²) in [6, 6.07) is 0. The molecule has 4 atom stereocenters. The van der Waals surface area contributed by atoms with Crippen molar-refractivity contribution in [3.8, 4) is 0 Å². The van der Waals surface area contributed by atoms with E-state index >= 15 is 0 Å². The monoisotopic (exact) mass is 266 g/mol. The molecule has 0 saturated heterocycles. The van der Waals surface area contributed by atoms with E-state index in [0.717, 1.165) is 18.7 Å². The van der Waals surface area contributed by atoms with E-state index in [1.807, 2.05) is 7.11 Å². The van der Waals surface area contributed by atoms with Crippen LogP contribution in [-0.2, 0) is 9.39 Å². The lowest BCUT2D eigenvalue weighted by atomic mass is 9.43. The second-order valence-electron chi connectivity index (χ2n) is 8.00. The Morgan fingerprint density at radius 1 is 1.21 bits per heavy atom. The SMILES string of the molecule is CO[C@]1(C)[C@H](OB(C)CC(C)C)C[C@@H]2C[C@H]1C2(C)C. The second-order valence-corrected chi connectivity index (χ2v) is 8.00. The van der Waals surface area contributed by atoms with Crippen LogP contribution in [0.15, 0.2) is 0 Å². The topological polar surface area (TPSA) is 18.5 Å². The van der Waals surface area contributed by atoms with Gasteiger partial charge in [-0.25, -0.2) is 0 Å². The van der Waals surface area contributed by atoms with E-state index in [0.29, 0.717) is 24.2 Å². The molecular weight excluding hydrogens is 235 g/mol. The molecule has 0 aromatic rings. The lowest BCUT2D eigenvalue weighted by Gasteiger charge is -2.66. The summed E-state index contributed by atoms with van der Waals surface area (Å²) in [5.41, 5.74) is 0.315.